The minimum absolute atomic E-state index is 0.00618. The number of rotatable bonds is 5. The number of amides is 2. The Bertz CT molecular complexity index is 781. The first kappa shape index (κ1) is 18.4. The van der Waals surface area contributed by atoms with Gasteiger partial charge in [-0.2, -0.15) is 0 Å². The number of benzene rings is 2. The molecule has 0 heterocycles. The molecular weight excluding hydrogens is 373 g/mol. The predicted molar refractivity (Wildman–Crippen MR) is 98.4 cm³/mol. The van der Waals surface area contributed by atoms with E-state index >= 15 is 0 Å². The van der Waals surface area contributed by atoms with Gasteiger partial charge >= 0.3 is 0 Å². The van der Waals surface area contributed by atoms with Gasteiger partial charge in [-0.25, -0.2) is 0 Å². The van der Waals surface area contributed by atoms with Crippen LogP contribution in [0.3, 0.4) is 0 Å². The average molecular weight is 387 g/mol. The highest BCUT2D eigenvalue weighted by Gasteiger charge is 2.10. The molecule has 2 amide bonds. The van der Waals surface area contributed by atoms with Crippen LogP contribution in [-0.4, -0.2) is 25.4 Å². The molecule has 0 spiro atoms. The van der Waals surface area contributed by atoms with Crippen molar-refractivity contribution in [3.05, 3.63) is 57.0 Å². The van der Waals surface area contributed by atoms with E-state index in [1.54, 1.807) is 31.3 Å². The smallest absolute Gasteiger partial charge is 0.251 e. The van der Waals surface area contributed by atoms with E-state index in [4.69, 9.17) is 34.8 Å². The number of halogens is 3. The van der Waals surface area contributed by atoms with Gasteiger partial charge in [-0.05, 0) is 30.3 Å². The highest BCUT2D eigenvalue weighted by atomic mass is 35.5. The molecule has 2 aromatic rings. The molecule has 0 aliphatic heterocycles. The van der Waals surface area contributed by atoms with Gasteiger partial charge in [0.15, 0.2) is 0 Å². The van der Waals surface area contributed by atoms with Gasteiger partial charge in [-0.3, -0.25) is 9.59 Å². The van der Waals surface area contributed by atoms with Crippen molar-refractivity contribution in [1.29, 1.82) is 0 Å². The van der Waals surface area contributed by atoms with Crippen molar-refractivity contribution in [2.75, 3.05) is 24.2 Å². The lowest BCUT2D eigenvalue weighted by Crippen LogP contribution is -2.22. The largest absolute Gasteiger partial charge is 0.376 e. The topological polar surface area (TPSA) is 70.2 Å². The third-order valence-corrected chi connectivity index (χ3v) is 4.12. The van der Waals surface area contributed by atoms with Gasteiger partial charge in [0.1, 0.15) is 0 Å². The number of hydrogen-bond acceptors (Lipinski definition) is 3. The summed E-state index contributed by atoms with van der Waals surface area (Å²) in [5.41, 5.74) is 1.51. The lowest BCUT2D eigenvalue weighted by molar-refractivity contribution is -0.114. The fourth-order valence-electron chi connectivity index (χ4n) is 1.91. The molecule has 5 nitrogen and oxygen atoms in total. The summed E-state index contributed by atoms with van der Waals surface area (Å²) >= 11 is 17.8. The number of nitrogens with one attached hydrogen (secondary N) is 3. The van der Waals surface area contributed by atoms with Crippen LogP contribution in [0.25, 0.3) is 0 Å². The van der Waals surface area contributed by atoms with Crippen LogP contribution in [0.4, 0.5) is 11.4 Å². The third-order valence-electron chi connectivity index (χ3n) is 3.09. The minimum Gasteiger partial charge on any atom is -0.376 e. The summed E-state index contributed by atoms with van der Waals surface area (Å²) < 4.78 is 0. The Morgan fingerprint density at radius 3 is 2.42 bits per heavy atom. The van der Waals surface area contributed by atoms with Gasteiger partial charge < -0.3 is 16.0 Å². The molecule has 0 saturated heterocycles. The van der Waals surface area contributed by atoms with Crippen LogP contribution in [0.1, 0.15) is 10.4 Å². The fraction of sp³-hybridized carbons (Fsp3) is 0.125. The molecule has 0 unspecified atom stereocenters. The van der Waals surface area contributed by atoms with E-state index in [2.05, 4.69) is 16.0 Å². The van der Waals surface area contributed by atoms with Crippen molar-refractivity contribution in [2.24, 2.45) is 0 Å². The molecule has 0 aliphatic rings. The van der Waals surface area contributed by atoms with Crippen molar-refractivity contribution < 1.29 is 9.59 Å². The molecule has 0 saturated carbocycles. The maximum Gasteiger partial charge on any atom is 0.251 e. The maximum atomic E-state index is 12.0. The van der Waals surface area contributed by atoms with Crippen LogP contribution >= 0.6 is 34.8 Å². The molecule has 0 aliphatic carbocycles. The summed E-state index contributed by atoms with van der Waals surface area (Å²) in [6, 6.07) is 9.75. The molecule has 0 fully saturated rings. The number of carbonyl (C=O) groups excluding carboxylic acids is 2. The molecule has 3 N–H and O–H groups in total. The van der Waals surface area contributed by atoms with E-state index in [0.717, 1.165) is 0 Å². The highest BCUT2D eigenvalue weighted by Crippen LogP contribution is 2.32. The summed E-state index contributed by atoms with van der Waals surface area (Å²) in [5.74, 6) is -0.522. The minimum atomic E-state index is -0.319. The van der Waals surface area contributed by atoms with Crippen LogP contribution in [0.5, 0.6) is 0 Å². The highest BCUT2D eigenvalue weighted by molar-refractivity contribution is 6.44. The predicted octanol–water partition coefficient (Wildman–Crippen LogP) is 4.06. The van der Waals surface area contributed by atoms with Gasteiger partial charge in [-0.15, -0.1) is 0 Å². The second-order valence-corrected chi connectivity index (χ2v) is 6.03. The summed E-state index contributed by atoms with van der Waals surface area (Å²) in [6.45, 7) is -0.00618. The Morgan fingerprint density at radius 1 is 1.00 bits per heavy atom. The fourth-order valence-corrected chi connectivity index (χ4v) is 2.50. The van der Waals surface area contributed by atoms with Gasteiger partial charge in [0, 0.05) is 18.3 Å². The Hall–Kier alpha value is -1.95. The molecular formula is C16H14Cl3N3O2. The van der Waals surface area contributed by atoms with E-state index in [1.807, 2.05) is 0 Å². The van der Waals surface area contributed by atoms with E-state index in [1.165, 1.54) is 12.1 Å². The van der Waals surface area contributed by atoms with Gasteiger partial charge in [0.2, 0.25) is 5.91 Å². The van der Waals surface area contributed by atoms with Gasteiger partial charge in [-0.1, -0.05) is 40.9 Å². The lowest BCUT2D eigenvalue weighted by Gasteiger charge is -2.11. The zero-order chi connectivity index (χ0) is 17.7. The van der Waals surface area contributed by atoms with Crippen molar-refractivity contribution in [1.82, 2.24) is 5.32 Å². The van der Waals surface area contributed by atoms with E-state index in [-0.39, 0.29) is 18.4 Å². The molecule has 126 valence electrons. The Labute approximate surface area is 154 Å². The summed E-state index contributed by atoms with van der Waals surface area (Å²) in [7, 11) is 1.55. The summed E-state index contributed by atoms with van der Waals surface area (Å²) in [4.78, 5) is 23.6. The third kappa shape index (κ3) is 4.77. The first-order valence-corrected chi connectivity index (χ1v) is 8.04. The number of hydrogen-bond donors (Lipinski definition) is 3. The van der Waals surface area contributed by atoms with E-state index in [9.17, 15) is 9.59 Å². The quantitative estimate of drug-likeness (QED) is 0.679. The molecule has 0 radical (unpaired) electrons. The van der Waals surface area contributed by atoms with Crippen LogP contribution in [-0.2, 0) is 4.79 Å². The Balaban J connectivity index is 1.99. The van der Waals surface area contributed by atoms with Gasteiger partial charge in [0.05, 0.1) is 27.3 Å². The maximum absolute atomic E-state index is 12.0. The van der Waals surface area contributed by atoms with Crippen molar-refractivity contribution >= 4 is 58.0 Å². The van der Waals surface area contributed by atoms with Crippen LogP contribution in [0, 0.1) is 0 Å². The zero-order valence-electron chi connectivity index (χ0n) is 12.6. The van der Waals surface area contributed by atoms with Crippen molar-refractivity contribution in [3.8, 4) is 0 Å². The Kier molecular flexibility index (Phi) is 6.31. The molecule has 2 rings (SSSR count). The first-order valence-electron chi connectivity index (χ1n) is 6.91. The zero-order valence-corrected chi connectivity index (χ0v) is 14.9. The number of carbonyl (C=O) groups is 2. The SMILES string of the molecule is CNC(=O)c1cccc(NCC(=O)Nc2cc(Cl)c(Cl)cc2Cl)c1. The first-order chi connectivity index (χ1) is 11.4. The summed E-state index contributed by atoms with van der Waals surface area (Å²) in [5, 5.41) is 9.01. The normalized spacial score (nSPS) is 10.2. The van der Waals surface area contributed by atoms with Crippen molar-refractivity contribution in [3.63, 3.8) is 0 Å². The molecule has 0 aromatic heterocycles. The molecule has 2 aromatic carbocycles. The van der Waals surface area contributed by atoms with E-state index in [0.29, 0.717) is 32.0 Å². The molecule has 8 heteroatoms. The summed E-state index contributed by atoms with van der Waals surface area (Å²) in [6.07, 6.45) is 0. The molecule has 0 bridgehead atoms. The van der Waals surface area contributed by atoms with Crippen LogP contribution in [0.2, 0.25) is 15.1 Å². The standard InChI is InChI=1S/C16H14Cl3N3O2/c1-20-16(24)9-3-2-4-10(5-9)21-8-15(23)22-14-7-12(18)11(17)6-13(14)19/h2-7,21H,8H2,1H3,(H,20,24)(H,22,23). The molecule has 0 atom stereocenters. The average Bonchev–Trinajstić information content (AvgIpc) is 2.57. The van der Waals surface area contributed by atoms with Crippen LogP contribution < -0.4 is 16.0 Å². The monoisotopic (exact) mass is 385 g/mol. The molecule has 24 heavy (non-hydrogen) atoms. The Morgan fingerprint density at radius 2 is 1.71 bits per heavy atom. The van der Waals surface area contributed by atoms with Gasteiger partial charge in [0.25, 0.3) is 5.91 Å². The number of anilines is 2. The van der Waals surface area contributed by atoms with Crippen LogP contribution in [0.15, 0.2) is 36.4 Å². The van der Waals surface area contributed by atoms with Crippen molar-refractivity contribution in [2.45, 2.75) is 0 Å². The van der Waals surface area contributed by atoms with E-state index < -0.39 is 0 Å². The lowest BCUT2D eigenvalue weighted by atomic mass is 10.2. The second kappa shape index (κ2) is 8.24. The second-order valence-electron chi connectivity index (χ2n) is 4.81.